The van der Waals surface area contributed by atoms with Crippen LogP contribution < -0.4 is 10.1 Å². The number of benzene rings is 1. The second-order valence-electron chi connectivity index (χ2n) is 5.07. The Bertz CT molecular complexity index is 904. The molecule has 0 aliphatic rings. The molecule has 24 heavy (non-hydrogen) atoms. The van der Waals surface area contributed by atoms with E-state index in [1.54, 1.807) is 20.1 Å². The van der Waals surface area contributed by atoms with E-state index < -0.39 is 0 Å². The normalized spacial score (nSPS) is 10.8. The van der Waals surface area contributed by atoms with E-state index in [4.69, 9.17) is 27.9 Å². The molecule has 8 heteroatoms. The molecule has 0 aliphatic carbocycles. The molecule has 5 nitrogen and oxygen atoms in total. The average molecular weight is 382 g/mol. The van der Waals surface area contributed by atoms with Gasteiger partial charge in [0.05, 0.1) is 18.2 Å². The van der Waals surface area contributed by atoms with Crippen molar-refractivity contribution in [1.82, 2.24) is 9.97 Å². The molecule has 0 spiro atoms. The summed E-state index contributed by atoms with van der Waals surface area (Å²) in [6.07, 6.45) is 0.0258. The van der Waals surface area contributed by atoms with Crippen molar-refractivity contribution in [3.63, 3.8) is 0 Å². The number of halogens is 2. The van der Waals surface area contributed by atoms with Crippen LogP contribution in [0.25, 0.3) is 10.2 Å². The number of aromatic nitrogens is 2. The van der Waals surface area contributed by atoms with E-state index in [1.807, 2.05) is 18.2 Å². The number of ether oxygens (including phenoxy) is 1. The van der Waals surface area contributed by atoms with E-state index in [0.717, 1.165) is 4.70 Å². The molecular weight excluding hydrogens is 369 g/mol. The summed E-state index contributed by atoms with van der Waals surface area (Å²) in [7, 11) is 1.58. The van der Waals surface area contributed by atoms with Gasteiger partial charge in [0, 0.05) is 16.3 Å². The highest BCUT2D eigenvalue weighted by Crippen LogP contribution is 2.32. The highest BCUT2D eigenvalue weighted by Gasteiger charge is 2.15. The van der Waals surface area contributed by atoms with Crippen LogP contribution in [0.15, 0.2) is 24.3 Å². The van der Waals surface area contributed by atoms with Gasteiger partial charge in [0.1, 0.15) is 16.4 Å². The number of rotatable bonds is 4. The standard InChI is InChI=1S/C16H13Cl2N3O2S/c1-8-6-10(17)9(15(18)19-8)7-13(22)20-16-21-14-11(23-2)4-3-5-12(14)24-16/h3-6H,7H2,1-2H3,(H,20,21,22). The molecule has 1 amide bonds. The Kier molecular flexibility index (Phi) is 4.89. The van der Waals surface area contributed by atoms with Crippen LogP contribution in [0.1, 0.15) is 11.3 Å². The number of aryl methyl sites for hydroxylation is 1. The van der Waals surface area contributed by atoms with Crippen LogP contribution >= 0.6 is 34.5 Å². The number of carbonyl (C=O) groups excluding carboxylic acids is 1. The zero-order chi connectivity index (χ0) is 17.3. The van der Waals surface area contributed by atoms with Gasteiger partial charge in [-0.2, -0.15) is 0 Å². The van der Waals surface area contributed by atoms with Crippen LogP contribution in [0.2, 0.25) is 10.2 Å². The molecule has 2 heterocycles. The Morgan fingerprint density at radius 1 is 1.33 bits per heavy atom. The fourth-order valence-corrected chi connectivity index (χ4v) is 3.81. The zero-order valence-electron chi connectivity index (χ0n) is 12.9. The minimum Gasteiger partial charge on any atom is -0.494 e. The Balaban J connectivity index is 1.81. The summed E-state index contributed by atoms with van der Waals surface area (Å²) in [5, 5.41) is 3.92. The first-order valence-electron chi connectivity index (χ1n) is 7.03. The molecule has 0 radical (unpaired) electrons. The lowest BCUT2D eigenvalue weighted by Crippen LogP contribution is -2.15. The second kappa shape index (κ2) is 6.93. The lowest BCUT2D eigenvalue weighted by Gasteiger charge is -2.07. The largest absolute Gasteiger partial charge is 0.494 e. The number of methoxy groups -OCH3 is 1. The van der Waals surface area contributed by atoms with Crippen LogP contribution in [-0.2, 0) is 11.2 Å². The predicted molar refractivity (Wildman–Crippen MR) is 97.5 cm³/mol. The lowest BCUT2D eigenvalue weighted by atomic mass is 10.2. The van der Waals surface area contributed by atoms with E-state index in [1.165, 1.54) is 11.3 Å². The van der Waals surface area contributed by atoms with Gasteiger partial charge in [0.15, 0.2) is 5.13 Å². The lowest BCUT2D eigenvalue weighted by molar-refractivity contribution is -0.115. The molecule has 0 aliphatic heterocycles. The number of fused-ring (bicyclic) bond motifs is 1. The van der Waals surface area contributed by atoms with Crippen LogP contribution in [-0.4, -0.2) is 23.0 Å². The van der Waals surface area contributed by atoms with E-state index >= 15 is 0 Å². The van der Waals surface area contributed by atoms with E-state index in [9.17, 15) is 4.79 Å². The Morgan fingerprint density at radius 3 is 2.83 bits per heavy atom. The number of amides is 1. The third-order valence-corrected chi connectivity index (χ3v) is 4.92. The summed E-state index contributed by atoms with van der Waals surface area (Å²) >= 11 is 13.6. The number of thiazole rings is 1. The first-order chi connectivity index (χ1) is 11.5. The summed E-state index contributed by atoms with van der Waals surface area (Å²) in [5.74, 6) is 0.403. The molecule has 0 saturated carbocycles. The van der Waals surface area contributed by atoms with Gasteiger partial charge < -0.3 is 10.1 Å². The van der Waals surface area contributed by atoms with Gasteiger partial charge in [-0.15, -0.1) is 0 Å². The molecule has 2 aromatic heterocycles. The van der Waals surface area contributed by atoms with Gasteiger partial charge in [-0.05, 0) is 25.1 Å². The number of pyridine rings is 1. The van der Waals surface area contributed by atoms with Gasteiger partial charge in [0.25, 0.3) is 0 Å². The molecule has 0 saturated heterocycles. The van der Waals surface area contributed by atoms with Crippen molar-refractivity contribution in [3.05, 3.63) is 45.7 Å². The third kappa shape index (κ3) is 3.45. The van der Waals surface area contributed by atoms with Crippen molar-refractivity contribution >= 4 is 55.8 Å². The number of para-hydroxylation sites is 1. The summed E-state index contributed by atoms with van der Waals surface area (Å²) in [4.78, 5) is 20.8. The summed E-state index contributed by atoms with van der Waals surface area (Å²) in [6.45, 7) is 1.79. The van der Waals surface area contributed by atoms with Crippen molar-refractivity contribution in [1.29, 1.82) is 0 Å². The van der Waals surface area contributed by atoms with Gasteiger partial charge in [0.2, 0.25) is 5.91 Å². The number of hydrogen-bond acceptors (Lipinski definition) is 5. The number of anilines is 1. The van der Waals surface area contributed by atoms with Crippen molar-refractivity contribution < 1.29 is 9.53 Å². The van der Waals surface area contributed by atoms with Gasteiger partial charge in [-0.25, -0.2) is 9.97 Å². The van der Waals surface area contributed by atoms with E-state index in [-0.39, 0.29) is 17.5 Å². The van der Waals surface area contributed by atoms with Crippen molar-refractivity contribution in [2.45, 2.75) is 13.3 Å². The van der Waals surface area contributed by atoms with Crippen molar-refractivity contribution in [2.75, 3.05) is 12.4 Å². The summed E-state index contributed by atoms with van der Waals surface area (Å²) in [5.41, 5.74) is 1.92. The number of nitrogens with one attached hydrogen (secondary N) is 1. The van der Waals surface area contributed by atoms with Crippen LogP contribution in [0.4, 0.5) is 5.13 Å². The fraction of sp³-hybridized carbons (Fsp3) is 0.188. The monoisotopic (exact) mass is 381 g/mol. The number of carbonyl (C=O) groups is 1. The average Bonchev–Trinajstić information content (AvgIpc) is 2.92. The van der Waals surface area contributed by atoms with Crippen LogP contribution in [0.5, 0.6) is 5.75 Å². The van der Waals surface area contributed by atoms with Crippen LogP contribution in [0, 0.1) is 6.92 Å². The van der Waals surface area contributed by atoms with Crippen LogP contribution in [0.3, 0.4) is 0 Å². The second-order valence-corrected chi connectivity index (χ2v) is 6.86. The maximum atomic E-state index is 12.3. The topological polar surface area (TPSA) is 64.1 Å². The minimum atomic E-state index is -0.262. The van der Waals surface area contributed by atoms with E-state index in [2.05, 4.69) is 15.3 Å². The van der Waals surface area contributed by atoms with Gasteiger partial charge in [-0.3, -0.25) is 4.79 Å². The first-order valence-corrected chi connectivity index (χ1v) is 8.60. The SMILES string of the molecule is COc1cccc2sc(NC(=O)Cc3c(Cl)cc(C)nc3Cl)nc12. The van der Waals surface area contributed by atoms with Gasteiger partial charge in [-0.1, -0.05) is 40.6 Å². The Hall–Kier alpha value is -1.89. The third-order valence-electron chi connectivity index (χ3n) is 3.33. The Morgan fingerprint density at radius 2 is 2.12 bits per heavy atom. The predicted octanol–water partition coefficient (Wildman–Crippen LogP) is 4.50. The first kappa shape index (κ1) is 17.0. The van der Waals surface area contributed by atoms with Crippen molar-refractivity contribution in [2.24, 2.45) is 0 Å². The van der Waals surface area contributed by atoms with E-state index in [0.29, 0.717) is 32.7 Å². The quantitative estimate of drug-likeness (QED) is 0.675. The molecule has 0 fully saturated rings. The number of hydrogen-bond donors (Lipinski definition) is 1. The number of nitrogens with zero attached hydrogens (tertiary/aromatic N) is 2. The smallest absolute Gasteiger partial charge is 0.230 e. The highest BCUT2D eigenvalue weighted by molar-refractivity contribution is 7.22. The fourth-order valence-electron chi connectivity index (χ4n) is 2.25. The molecule has 3 aromatic rings. The molecule has 0 atom stereocenters. The molecule has 1 N–H and O–H groups in total. The molecule has 1 aromatic carbocycles. The highest BCUT2D eigenvalue weighted by atomic mass is 35.5. The summed E-state index contributed by atoms with van der Waals surface area (Å²) in [6, 6.07) is 7.30. The summed E-state index contributed by atoms with van der Waals surface area (Å²) < 4.78 is 6.20. The molecule has 0 unspecified atom stereocenters. The Labute approximate surface area is 152 Å². The molecular formula is C16H13Cl2N3O2S. The molecule has 3 rings (SSSR count). The van der Waals surface area contributed by atoms with Gasteiger partial charge >= 0.3 is 0 Å². The van der Waals surface area contributed by atoms with Crippen molar-refractivity contribution in [3.8, 4) is 5.75 Å². The molecule has 124 valence electrons. The molecule has 0 bridgehead atoms. The zero-order valence-corrected chi connectivity index (χ0v) is 15.2. The maximum absolute atomic E-state index is 12.3. The minimum absolute atomic E-state index is 0.0258. The maximum Gasteiger partial charge on any atom is 0.230 e.